The van der Waals surface area contributed by atoms with Crippen molar-refractivity contribution in [1.29, 1.82) is 0 Å². The summed E-state index contributed by atoms with van der Waals surface area (Å²) in [5, 5.41) is 3.37. The summed E-state index contributed by atoms with van der Waals surface area (Å²) < 4.78 is 65.3. The van der Waals surface area contributed by atoms with E-state index in [2.05, 4.69) is 5.10 Å². The zero-order valence-corrected chi connectivity index (χ0v) is 14.0. The van der Waals surface area contributed by atoms with E-state index in [9.17, 15) is 21.6 Å². The minimum atomic E-state index is -3.86. The largest absolute Gasteiger partial charge is 0.333 e. The van der Waals surface area contributed by atoms with Crippen LogP contribution in [0.1, 0.15) is 12.1 Å². The lowest BCUT2D eigenvalue weighted by atomic mass is 10.2. The first-order chi connectivity index (χ1) is 11.9. The molecular formula is C15H17F3N4O2S. The Bertz CT molecular complexity index is 833. The van der Waals surface area contributed by atoms with E-state index in [0.717, 1.165) is 12.4 Å². The molecule has 136 valence electrons. The van der Waals surface area contributed by atoms with Gasteiger partial charge in [-0.3, -0.25) is 4.90 Å². The molecule has 0 N–H and O–H groups in total. The molecule has 0 spiro atoms. The molecule has 0 amide bonds. The van der Waals surface area contributed by atoms with E-state index in [1.54, 1.807) is 18.2 Å². The maximum absolute atomic E-state index is 13.7. The van der Waals surface area contributed by atoms with Gasteiger partial charge in [0.2, 0.25) is 10.0 Å². The molecule has 1 aromatic carbocycles. The number of nitrogens with zero attached hydrogens (tertiary/aromatic N) is 4. The molecule has 0 atom stereocenters. The van der Waals surface area contributed by atoms with Gasteiger partial charge in [0, 0.05) is 38.3 Å². The topological polar surface area (TPSA) is 58.4 Å². The second-order valence-electron chi connectivity index (χ2n) is 5.71. The van der Waals surface area contributed by atoms with Crippen LogP contribution in [-0.2, 0) is 16.6 Å². The third-order valence-corrected chi connectivity index (χ3v) is 5.95. The van der Waals surface area contributed by atoms with Gasteiger partial charge < -0.3 is 0 Å². The molecule has 10 heteroatoms. The predicted octanol–water partition coefficient (Wildman–Crippen LogP) is 1.92. The third kappa shape index (κ3) is 3.86. The summed E-state index contributed by atoms with van der Waals surface area (Å²) in [6.07, 6.45) is 1.75. The Balaban J connectivity index is 1.64. The maximum Gasteiger partial charge on any atom is 0.333 e. The number of benzene rings is 1. The second-order valence-corrected chi connectivity index (χ2v) is 7.64. The number of hydrogen-bond acceptors (Lipinski definition) is 4. The van der Waals surface area contributed by atoms with Crippen LogP contribution in [-0.4, -0.2) is 53.6 Å². The fourth-order valence-electron chi connectivity index (χ4n) is 2.71. The van der Waals surface area contributed by atoms with Crippen LogP contribution in [0.15, 0.2) is 41.6 Å². The molecule has 1 fully saturated rings. The normalized spacial score (nSPS) is 17.3. The highest BCUT2D eigenvalue weighted by Gasteiger charge is 2.30. The van der Waals surface area contributed by atoms with Gasteiger partial charge in [-0.2, -0.15) is 18.2 Å². The molecule has 0 bridgehead atoms. The molecule has 3 rings (SSSR count). The quantitative estimate of drug-likeness (QED) is 0.803. The van der Waals surface area contributed by atoms with Gasteiger partial charge in [-0.05, 0) is 6.07 Å². The van der Waals surface area contributed by atoms with E-state index in [4.69, 9.17) is 0 Å². The first-order valence-electron chi connectivity index (χ1n) is 7.66. The van der Waals surface area contributed by atoms with Gasteiger partial charge >= 0.3 is 6.55 Å². The monoisotopic (exact) mass is 374 g/mol. The van der Waals surface area contributed by atoms with Gasteiger partial charge in [0.15, 0.2) is 0 Å². The smallest absolute Gasteiger partial charge is 0.296 e. The highest BCUT2D eigenvalue weighted by atomic mass is 32.2. The van der Waals surface area contributed by atoms with Crippen LogP contribution in [0.5, 0.6) is 0 Å². The summed E-state index contributed by atoms with van der Waals surface area (Å²) in [6, 6.07) is 6.44. The Labute approximate surface area is 143 Å². The summed E-state index contributed by atoms with van der Waals surface area (Å²) >= 11 is 0. The van der Waals surface area contributed by atoms with Crippen molar-refractivity contribution >= 4 is 10.0 Å². The molecule has 2 heterocycles. The third-order valence-electron chi connectivity index (χ3n) is 4.10. The molecule has 1 saturated heterocycles. The molecule has 1 aliphatic heterocycles. The summed E-state index contributed by atoms with van der Waals surface area (Å²) in [6.45, 7) is -1.23. The number of sulfonamides is 1. The number of halogens is 3. The summed E-state index contributed by atoms with van der Waals surface area (Å²) in [7, 11) is -3.86. The van der Waals surface area contributed by atoms with E-state index in [-0.39, 0.29) is 23.8 Å². The molecule has 2 aromatic rings. The first kappa shape index (κ1) is 17.9. The lowest BCUT2D eigenvalue weighted by Crippen LogP contribution is -2.48. The standard InChI is InChI=1S/C15H17F3N4O2S/c16-14-4-2-1-3-12(14)10-20-5-7-21(8-6-20)25(23,24)13-9-19-22(11-13)15(17)18/h1-4,9,11,15H,5-8,10H2. The number of hydrogen-bond donors (Lipinski definition) is 0. The van der Waals surface area contributed by atoms with Crippen molar-refractivity contribution in [3.05, 3.63) is 48.0 Å². The maximum atomic E-state index is 13.7. The van der Waals surface area contributed by atoms with Gasteiger partial charge in [0.1, 0.15) is 10.7 Å². The molecule has 1 aliphatic rings. The fraction of sp³-hybridized carbons (Fsp3) is 0.400. The fourth-order valence-corrected chi connectivity index (χ4v) is 4.07. The number of rotatable bonds is 5. The van der Waals surface area contributed by atoms with Crippen molar-refractivity contribution in [1.82, 2.24) is 19.0 Å². The zero-order valence-electron chi connectivity index (χ0n) is 13.2. The molecule has 0 saturated carbocycles. The zero-order chi connectivity index (χ0) is 18.0. The van der Waals surface area contributed by atoms with Crippen molar-refractivity contribution in [2.75, 3.05) is 26.2 Å². The van der Waals surface area contributed by atoms with Crippen LogP contribution in [0.25, 0.3) is 0 Å². The van der Waals surface area contributed by atoms with E-state index >= 15 is 0 Å². The van der Waals surface area contributed by atoms with Gasteiger partial charge in [0.25, 0.3) is 0 Å². The average Bonchev–Trinajstić information content (AvgIpc) is 3.09. The van der Waals surface area contributed by atoms with Crippen molar-refractivity contribution in [3.63, 3.8) is 0 Å². The van der Waals surface area contributed by atoms with Crippen LogP contribution < -0.4 is 0 Å². The van der Waals surface area contributed by atoms with Crippen molar-refractivity contribution in [2.24, 2.45) is 0 Å². The van der Waals surface area contributed by atoms with E-state index in [0.29, 0.717) is 29.9 Å². The molecule has 25 heavy (non-hydrogen) atoms. The lowest BCUT2D eigenvalue weighted by molar-refractivity contribution is 0.0563. The van der Waals surface area contributed by atoms with Crippen LogP contribution in [0.4, 0.5) is 13.2 Å². The molecule has 1 aromatic heterocycles. The molecule has 0 radical (unpaired) electrons. The minimum Gasteiger partial charge on any atom is -0.296 e. The Kier molecular flexibility index (Phi) is 5.11. The number of alkyl halides is 2. The van der Waals surface area contributed by atoms with Crippen molar-refractivity contribution in [3.8, 4) is 0 Å². The highest BCUT2D eigenvalue weighted by molar-refractivity contribution is 7.89. The van der Waals surface area contributed by atoms with E-state index < -0.39 is 16.6 Å². The van der Waals surface area contributed by atoms with Crippen LogP contribution >= 0.6 is 0 Å². The predicted molar refractivity (Wildman–Crippen MR) is 83.9 cm³/mol. The van der Waals surface area contributed by atoms with Gasteiger partial charge in [-0.1, -0.05) is 18.2 Å². The summed E-state index contributed by atoms with van der Waals surface area (Å²) in [4.78, 5) is 1.70. The molecule has 0 unspecified atom stereocenters. The van der Waals surface area contributed by atoms with Crippen molar-refractivity contribution < 1.29 is 21.6 Å². The Hall–Kier alpha value is -1.91. The highest BCUT2D eigenvalue weighted by Crippen LogP contribution is 2.20. The molecule has 6 nitrogen and oxygen atoms in total. The lowest BCUT2D eigenvalue weighted by Gasteiger charge is -2.33. The number of aromatic nitrogens is 2. The second kappa shape index (κ2) is 7.14. The molecule has 0 aliphatic carbocycles. The Morgan fingerprint density at radius 3 is 2.40 bits per heavy atom. The average molecular weight is 374 g/mol. The molecular weight excluding hydrogens is 357 g/mol. The van der Waals surface area contributed by atoms with Gasteiger partial charge in [-0.25, -0.2) is 17.5 Å². The summed E-state index contributed by atoms with van der Waals surface area (Å²) in [5.41, 5.74) is 0.553. The summed E-state index contributed by atoms with van der Waals surface area (Å²) in [5.74, 6) is -0.294. The SMILES string of the molecule is O=S(=O)(c1cnn(C(F)F)c1)N1CCN(Cc2ccccc2F)CC1. The minimum absolute atomic E-state index is 0.205. The van der Waals surface area contributed by atoms with Gasteiger partial charge in [0.05, 0.1) is 12.4 Å². The van der Waals surface area contributed by atoms with Crippen LogP contribution in [0, 0.1) is 5.82 Å². The van der Waals surface area contributed by atoms with Gasteiger partial charge in [-0.15, -0.1) is 0 Å². The number of piperazine rings is 1. The van der Waals surface area contributed by atoms with Crippen LogP contribution in [0.2, 0.25) is 0 Å². The Morgan fingerprint density at radius 2 is 1.80 bits per heavy atom. The first-order valence-corrected chi connectivity index (χ1v) is 9.10. The van der Waals surface area contributed by atoms with E-state index in [1.165, 1.54) is 10.4 Å². The van der Waals surface area contributed by atoms with Crippen LogP contribution in [0.3, 0.4) is 0 Å². The van der Waals surface area contributed by atoms with E-state index in [1.807, 2.05) is 4.90 Å². The Morgan fingerprint density at radius 1 is 1.12 bits per heavy atom. The van der Waals surface area contributed by atoms with Crippen molar-refractivity contribution in [2.45, 2.75) is 18.0 Å².